The van der Waals surface area contributed by atoms with E-state index in [1.54, 1.807) is 0 Å². The van der Waals surface area contributed by atoms with Crippen LogP contribution in [0.4, 0.5) is 5.95 Å². The number of thioether (sulfide) groups is 1. The van der Waals surface area contributed by atoms with E-state index >= 15 is 0 Å². The van der Waals surface area contributed by atoms with Crippen LogP contribution in [0.5, 0.6) is 0 Å². The first kappa shape index (κ1) is 30.7. The average molecular weight is 496 g/mol. The van der Waals surface area contributed by atoms with E-state index in [0.29, 0.717) is 25.0 Å². The molecule has 1 unspecified atom stereocenters. The van der Waals surface area contributed by atoms with Gasteiger partial charge in [-0.3, -0.25) is 4.79 Å². The van der Waals surface area contributed by atoms with Crippen molar-refractivity contribution in [2.45, 2.75) is 122 Å². The van der Waals surface area contributed by atoms with Gasteiger partial charge in [0.2, 0.25) is 5.95 Å². The molecule has 0 radical (unpaired) electrons. The van der Waals surface area contributed by atoms with Gasteiger partial charge in [-0.25, -0.2) is 9.97 Å². The van der Waals surface area contributed by atoms with Crippen LogP contribution in [0.25, 0.3) is 0 Å². The maximum atomic E-state index is 11.5. The SMILES string of the molecule is CCCCCCCCCCCCCCCCC(SCCOCNc1nc(C)cc(C)n1)C(=O)O. The van der Waals surface area contributed by atoms with E-state index in [-0.39, 0.29) is 5.25 Å². The number of aryl methyl sites for hydroxylation is 2. The second kappa shape index (κ2) is 21.0. The van der Waals surface area contributed by atoms with Gasteiger partial charge in [0.1, 0.15) is 12.0 Å². The minimum Gasteiger partial charge on any atom is -0.480 e. The summed E-state index contributed by atoms with van der Waals surface area (Å²) in [5, 5.41) is 12.2. The number of carboxylic acid groups (broad SMARTS) is 1. The van der Waals surface area contributed by atoms with Gasteiger partial charge in [0, 0.05) is 17.1 Å². The molecule has 1 atom stereocenters. The van der Waals surface area contributed by atoms with Crippen LogP contribution in [0.1, 0.15) is 115 Å². The minimum absolute atomic E-state index is 0.320. The van der Waals surface area contributed by atoms with Crippen molar-refractivity contribution in [1.29, 1.82) is 0 Å². The summed E-state index contributed by atoms with van der Waals surface area (Å²) >= 11 is 1.48. The largest absolute Gasteiger partial charge is 0.480 e. The summed E-state index contributed by atoms with van der Waals surface area (Å²) in [4.78, 5) is 20.2. The molecule has 0 aliphatic carbocycles. The molecule has 0 amide bonds. The Kier molecular flexibility index (Phi) is 18.9. The highest BCUT2D eigenvalue weighted by Gasteiger charge is 2.17. The van der Waals surface area contributed by atoms with Crippen LogP contribution in [0.2, 0.25) is 0 Å². The topological polar surface area (TPSA) is 84.3 Å². The number of hydrogen-bond donors (Lipinski definition) is 2. The lowest BCUT2D eigenvalue weighted by Crippen LogP contribution is -2.18. The molecule has 196 valence electrons. The lowest BCUT2D eigenvalue weighted by atomic mass is 10.0. The molecule has 0 saturated carbocycles. The summed E-state index contributed by atoms with van der Waals surface area (Å²) in [5.41, 5.74) is 1.83. The molecule has 34 heavy (non-hydrogen) atoms. The number of carboxylic acids is 1. The number of unbranched alkanes of at least 4 members (excludes halogenated alkanes) is 13. The molecule has 0 saturated heterocycles. The summed E-state index contributed by atoms with van der Waals surface area (Å²) in [6.07, 6.45) is 19.2. The van der Waals surface area contributed by atoms with E-state index in [1.807, 2.05) is 19.9 Å². The van der Waals surface area contributed by atoms with Gasteiger partial charge >= 0.3 is 5.97 Å². The van der Waals surface area contributed by atoms with Gasteiger partial charge in [0.25, 0.3) is 0 Å². The van der Waals surface area contributed by atoms with Crippen LogP contribution in [0.15, 0.2) is 6.07 Å². The van der Waals surface area contributed by atoms with Crippen LogP contribution >= 0.6 is 11.8 Å². The molecule has 0 fully saturated rings. The van der Waals surface area contributed by atoms with Gasteiger partial charge < -0.3 is 15.2 Å². The number of nitrogens with one attached hydrogen (secondary N) is 1. The summed E-state index contributed by atoms with van der Waals surface area (Å²) in [6, 6.07) is 1.92. The molecule has 6 nitrogen and oxygen atoms in total. The van der Waals surface area contributed by atoms with Gasteiger partial charge in [0.05, 0.1) is 6.61 Å². The zero-order chi connectivity index (χ0) is 24.9. The van der Waals surface area contributed by atoms with Gasteiger partial charge in [-0.2, -0.15) is 0 Å². The minimum atomic E-state index is -0.707. The second-order valence-corrected chi connectivity index (χ2v) is 10.6. The Bertz CT molecular complexity index is 625. The zero-order valence-corrected chi connectivity index (χ0v) is 22.8. The van der Waals surface area contributed by atoms with Crippen molar-refractivity contribution < 1.29 is 14.6 Å². The molecule has 1 rings (SSSR count). The molecular weight excluding hydrogens is 446 g/mol. The fourth-order valence-corrected chi connectivity index (χ4v) is 5.02. The maximum absolute atomic E-state index is 11.5. The van der Waals surface area contributed by atoms with Crippen molar-refractivity contribution in [3.8, 4) is 0 Å². The van der Waals surface area contributed by atoms with E-state index in [1.165, 1.54) is 88.8 Å². The van der Waals surface area contributed by atoms with Gasteiger partial charge in [-0.1, -0.05) is 96.8 Å². The third-order valence-corrected chi connectivity index (χ3v) is 7.20. The molecular formula is C27H49N3O3S. The molecule has 0 aliphatic heterocycles. The highest BCUT2D eigenvalue weighted by Crippen LogP contribution is 2.19. The highest BCUT2D eigenvalue weighted by molar-refractivity contribution is 8.00. The van der Waals surface area contributed by atoms with Crippen molar-refractivity contribution in [2.75, 3.05) is 24.4 Å². The normalized spacial score (nSPS) is 12.1. The van der Waals surface area contributed by atoms with Crippen LogP contribution < -0.4 is 5.32 Å². The van der Waals surface area contributed by atoms with Crippen LogP contribution in [0.3, 0.4) is 0 Å². The molecule has 1 aromatic heterocycles. The van der Waals surface area contributed by atoms with Crippen molar-refractivity contribution in [1.82, 2.24) is 9.97 Å². The number of aromatic nitrogens is 2. The predicted molar refractivity (Wildman–Crippen MR) is 145 cm³/mol. The Balaban J connectivity index is 1.95. The van der Waals surface area contributed by atoms with Crippen LogP contribution in [-0.2, 0) is 9.53 Å². The fraction of sp³-hybridized carbons (Fsp3) is 0.815. The summed E-state index contributed by atoms with van der Waals surface area (Å²) < 4.78 is 5.57. The third kappa shape index (κ3) is 17.1. The average Bonchev–Trinajstić information content (AvgIpc) is 2.79. The maximum Gasteiger partial charge on any atom is 0.316 e. The van der Waals surface area contributed by atoms with Crippen molar-refractivity contribution >= 4 is 23.7 Å². The van der Waals surface area contributed by atoms with Gasteiger partial charge in [-0.15, -0.1) is 11.8 Å². The van der Waals surface area contributed by atoms with E-state index < -0.39 is 5.97 Å². The Morgan fingerprint density at radius 3 is 1.91 bits per heavy atom. The lowest BCUT2D eigenvalue weighted by molar-refractivity contribution is -0.136. The highest BCUT2D eigenvalue weighted by atomic mass is 32.2. The molecule has 7 heteroatoms. The summed E-state index contributed by atoms with van der Waals surface area (Å²) in [5.74, 6) is 0.526. The summed E-state index contributed by atoms with van der Waals surface area (Å²) in [7, 11) is 0. The number of rotatable bonds is 23. The lowest BCUT2D eigenvalue weighted by Gasteiger charge is -2.12. The van der Waals surface area contributed by atoms with E-state index in [0.717, 1.165) is 30.7 Å². The van der Waals surface area contributed by atoms with E-state index in [4.69, 9.17) is 4.74 Å². The Labute approximate surface area is 212 Å². The first-order chi connectivity index (χ1) is 16.5. The first-order valence-corrected chi connectivity index (χ1v) is 14.6. The van der Waals surface area contributed by atoms with Crippen molar-refractivity contribution in [3.05, 3.63) is 17.5 Å². The molecule has 0 aromatic carbocycles. The second-order valence-electron chi connectivity index (χ2n) is 9.29. The monoisotopic (exact) mass is 495 g/mol. The molecule has 0 bridgehead atoms. The molecule has 1 heterocycles. The van der Waals surface area contributed by atoms with E-state index in [9.17, 15) is 9.90 Å². The molecule has 1 aromatic rings. The van der Waals surface area contributed by atoms with Gasteiger partial charge in [0.15, 0.2) is 0 Å². The van der Waals surface area contributed by atoms with Crippen LogP contribution in [0, 0.1) is 13.8 Å². The summed E-state index contributed by atoms with van der Waals surface area (Å²) in [6.45, 7) is 6.96. The number of aliphatic carboxylic acids is 1. The first-order valence-electron chi connectivity index (χ1n) is 13.5. The number of hydrogen-bond acceptors (Lipinski definition) is 6. The Morgan fingerprint density at radius 2 is 1.41 bits per heavy atom. The Morgan fingerprint density at radius 1 is 0.912 bits per heavy atom. The molecule has 0 aliphatic rings. The third-order valence-electron chi connectivity index (χ3n) is 5.96. The van der Waals surface area contributed by atoms with Crippen LogP contribution in [-0.4, -0.2) is 45.4 Å². The van der Waals surface area contributed by atoms with Crippen molar-refractivity contribution in [3.63, 3.8) is 0 Å². The quantitative estimate of drug-likeness (QED) is 0.120. The standard InChI is InChI=1S/C27H49N3O3S/c1-4-5-6-7-8-9-10-11-12-13-14-15-16-17-18-25(26(31)32)34-20-19-33-22-28-27-29-23(2)21-24(3)30-27/h21,25H,4-20,22H2,1-3H3,(H,31,32)(H,28,29,30). The number of carbonyl (C=O) groups is 1. The van der Waals surface area contributed by atoms with Crippen molar-refractivity contribution in [2.24, 2.45) is 0 Å². The smallest absolute Gasteiger partial charge is 0.316 e. The predicted octanol–water partition coefficient (Wildman–Crippen LogP) is 7.54. The fourth-order valence-electron chi connectivity index (χ4n) is 4.04. The number of ether oxygens (including phenoxy) is 1. The van der Waals surface area contributed by atoms with Gasteiger partial charge in [-0.05, 0) is 26.3 Å². The Hall–Kier alpha value is -1.34. The number of nitrogens with zero attached hydrogens (tertiary/aromatic N) is 2. The number of anilines is 1. The van der Waals surface area contributed by atoms with E-state index in [2.05, 4.69) is 22.2 Å². The zero-order valence-electron chi connectivity index (χ0n) is 21.9. The molecule has 2 N–H and O–H groups in total. The molecule has 0 spiro atoms.